The Morgan fingerprint density at radius 3 is 2.20 bits per heavy atom. The van der Waals surface area contributed by atoms with Gasteiger partial charge in [-0.25, -0.2) is 0 Å². The van der Waals surface area contributed by atoms with Gasteiger partial charge in [0.05, 0.1) is 13.2 Å². The highest BCUT2D eigenvalue weighted by atomic mass is 79.9. The lowest BCUT2D eigenvalue weighted by atomic mass is 9.72. The number of benzene rings is 2. The minimum Gasteiger partial charge on any atom is -0.489 e. The normalized spacial score (nSPS) is 19.4. The molecule has 0 radical (unpaired) electrons. The zero-order chi connectivity index (χ0) is 25.8. The van der Waals surface area contributed by atoms with Gasteiger partial charge in [0, 0.05) is 9.89 Å². The first-order chi connectivity index (χ1) is 16.6. The third-order valence-electron chi connectivity index (χ3n) is 7.83. The monoisotopic (exact) mass is 538 g/mol. The number of ether oxygens (including phenoxy) is 2. The van der Waals surface area contributed by atoms with Gasteiger partial charge in [-0.15, -0.1) is 0 Å². The Morgan fingerprint density at radius 1 is 1.03 bits per heavy atom. The van der Waals surface area contributed by atoms with Crippen LogP contribution in [0.2, 0.25) is 0 Å². The fourth-order valence-corrected chi connectivity index (χ4v) is 5.00. The minimum absolute atomic E-state index is 0.286. The molecule has 0 aromatic heterocycles. The fourth-order valence-electron chi connectivity index (χ4n) is 4.64. The van der Waals surface area contributed by atoms with E-state index >= 15 is 0 Å². The molecule has 0 amide bonds. The van der Waals surface area contributed by atoms with Crippen LogP contribution in [0, 0.1) is 11.8 Å². The van der Waals surface area contributed by atoms with Crippen molar-refractivity contribution in [1.82, 2.24) is 0 Å². The lowest BCUT2D eigenvalue weighted by Gasteiger charge is -2.31. The molecule has 2 aromatic carbocycles. The molecule has 0 saturated heterocycles. The van der Waals surface area contributed by atoms with E-state index in [1.165, 1.54) is 33.4 Å². The third-order valence-corrected chi connectivity index (χ3v) is 8.33. The van der Waals surface area contributed by atoms with E-state index in [4.69, 9.17) is 9.47 Å². The third kappa shape index (κ3) is 6.05. The Labute approximate surface area is 221 Å². The van der Waals surface area contributed by atoms with Crippen LogP contribution in [0.25, 0.3) is 0 Å². The summed E-state index contributed by atoms with van der Waals surface area (Å²) in [4.78, 5) is 0. The molecular weight excluding hydrogens is 496 g/mol. The van der Waals surface area contributed by atoms with E-state index in [0.717, 1.165) is 41.7 Å². The van der Waals surface area contributed by atoms with Crippen LogP contribution < -0.4 is 9.47 Å². The summed E-state index contributed by atoms with van der Waals surface area (Å²) in [5.74, 6) is 2.72. The maximum absolute atomic E-state index is 6.41. The SMILES string of the molecule is C=C1Cc2cc(OCC(C)CC)c(OCC(C)CC)cc2C1(C)c1cc(Br)ccc1C/C(C)=C\C. The molecule has 0 fully saturated rings. The molecule has 0 N–H and O–H groups in total. The summed E-state index contributed by atoms with van der Waals surface area (Å²) in [5, 5.41) is 0. The Hall–Kier alpha value is -2.00. The maximum atomic E-state index is 6.41. The molecule has 0 bridgehead atoms. The molecule has 3 unspecified atom stereocenters. The summed E-state index contributed by atoms with van der Waals surface area (Å²) in [6.45, 7) is 21.5. The number of allylic oxidation sites excluding steroid dienone is 3. The maximum Gasteiger partial charge on any atom is 0.161 e. The summed E-state index contributed by atoms with van der Waals surface area (Å²) in [5.41, 5.74) is 7.55. The largest absolute Gasteiger partial charge is 0.489 e. The quantitative estimate of drug-likeness (QED) is 0.265. The highest BCUT2D eigenvalue weighted by Crippen LogP contribution is 2.51. The number of fused-ring (bicyclic) bond motifs is 1. The van der Waals surface area contributed by atoms with Crippen molar-refractivity contribution in [2.75, 3.05) is 13.2 Å². The lowest BCUT2D eigenvalue weighted by Crippen LogP contribution is -2.24. The first-order valence-corrected chi connectivity index (χ1v) is 13.9. The topological polar surface area (TPSA) is 18.5 Å². The average molecular weight is 540 g/mol. The first kappa shape index (κ1) is 27.6. The minimum atomic E-state index is -0.286. The van der Waals surface area contributed by atoms with Gasteiger partial charge in [-0.1, -0.05) is 86.3 Å². The van der Waals surface area contributed by atoms with Crippen LogP contribution in [0.15, 0.2) is 58.6 Å². The summed E-state index contributed by atoms with van der Waals surface area (Å²) >= 11 is 3.74. The van der Waals surface area contributed by atoms with Gasteiger partial charge < -0.3 is 9.47 Å². The van der Waals surface area contributed by atoms with Gasteiger partial charge in [-0.3, -0.25) is 0 Å². The van der Waals surface area contributed by atoms with Crippen molar-refractivity contribution in [2.24, 2.45) is 11.8 Å². The van der Waals surface area contributed by atoms with E-state index in [9.17, 15) is 0 Å². The molecule has 2 nitrogen and oxygen atoms in total. The second kappa shape index (κ2) is 11.8. The van der Waals surface area contributed by atoms with E-state index in [2.05, 4.69) is 107 Å². The van der Waals surface area contributed by atoms with Gasteiger partial charge in [0.2, 0.25) is 0 Å². The van der Waals surface area contributed by atoms with Crippen LogP contribution in [0.4, 0.5) is 0 Å². The second-order valence-corrected chi connectivity index (χ2v) is 11.5. The van der Waals surface area contributed by atoms with Gasteiger partial charge >= 0.3 is 0 Å². The summed E-state index contributed by atoms with van der Waals surface area (Å²) < 4.78 is 13.8. The van der Waals surface area contributed by atoms with Crippen LogP contribution in [-0.4, -0.2) is 13.2 Å². The molecule has 0 aliphatic heterocycles. The summed E-state index contributed by atoms with van der Waals surface area (Å²) in [7, 11) is 0. The molecule has 3 atom stereocenters. The zero-order valence-corrected chi connectivity index (χ0v) is 24.3. The molecule has 190 valence electrons. The molecule has 3 rings (SSSR count). The van der Waals surface area contributed by atoms with Crippen LogP contribution in [0.1, 0.15) is 83.6 Å². The van der Waals surface area contributed by atoms with Crippen LogP contribution in [-0.2, 0) is 18.3 Å². The van der Waals surface area contributed by atoms with Gasteiger partial charge in [-0.05, 0) is 92.0 Å². The molecule has 3 heteroatoms. The van der Waals surface area contributed by atoms with E-state index in [1.54, 1.807) is 0 Å². The highest BCUT2D eigenvalue weighted by molar-refractivity contribution is 9.10. The van der Waals surface area contributed by atoms with Crippen molar-refractivity contribution >= 4 is 15.9 Å². The lowest BCUT2D eigenvalue weighted by molar-refractivity contribution is 0.217. The average Bonchev–Trinajstić information content (AvgIpc) is 3.10. The van der Waals surface area contributed by atoms with E-state index in [0.29, 0.717) is 25.0 Å². The summed E-state index contributed by atoms with van der Waals surface area (Å²) in [6, 6.07) is 11.2. The molecular formula is C32H43BrO2. The molecule has 0 saturated carbocycles. The molecule has 35 heavy (non-hydrogen) atoms. The number of hydrogen-bond donors (Lipinski definition) is 0. The van der Waals surface area contributed by atoms with Gasteiger partial charge in [0.1, 0.15) is 0 Å². The smallest absolute Gasteiger partial charge is 0.161 e. The van der Waals surface area contributed by atoms with Crippen molar-refractivity contribution in [3.8, 4) is 11.5 Å². The number of hydrogen-bond acceptors (Lipinski definition) is 2. The Morgan fingerprint density at radius 2 is 1.63 bits per heavy atom. The van der Waals surface area contributed by atoms with E-state index in [-0.39, 0.29) is 5.41 Å². The molecule has 1 aliphatic rings. The summed E-state index contributed by atoms with van der Waals surface area (Å²) in [6.07, 6.45) is 6.18. The van der Waals surface area contributed by atoms with Gasteiger partial charge in [0.15, 0.2) is 11.5 Å². The number of rotatable bonds is 11. The Kier molecular flexibility index (Phi) is 9.32. The van der Waals surface area contributed by atoms with Crippen LogP contribution in [0.5, 0.6) is 11.5 Å². The van der Waals surface area contributed by atoms with Crippen molar-refractivity contribution in [3.63, 3.8) is 0 Å². The predicted molar refractivity (Wildman–Crippen MR) is 153 cm³/mol. The number of halogens is 1. The van der Waals surface area contributed by atoms with E-state index in [1.807, 2.05) is 0 Å². The van der Waals surface area contributed by atoms with Gasteiger partial charge in [-0.2, -0.15) is 0 Å². The molecule has 1 aliphatic carbocycles. The Balaban J connectivity index is 2.12. The van der Waals surface area contributed by atoms with E-state index < -0.39 is 0 Å². The fraction of sp³-hybridized carbons (Fsp3) is 0.500. The van der Waals surface area contributed by atoms with Crippen LogP contribution >= 0.6 is 15.9 Å². The zero-order valence-electron chi connectivity index (χ0n) is 22.8. The van der Waals surface area contributed by atoms with Crippen molar-refractivity contribution in [3.05, 3.63) is 80.9 Å². The highest BCUT2D eigenvalue weighted by Gasteiger charge is 2.41. The van der Waals surface area contributed by atoms with Crippen molar-refractivity contribution in [2.45, 2.75) is 79.6 Å². The molecule has 2 aromatic rings. The molecule has 0 spiro atoms. The van der Waals surface area contributed by atoms with Crippen molar-refractivity contribution < 1.29 is 9.47 Å². The second-order valence-electron chi connectivity index (χ2n) is 10.6. The first-order valence-electron chi connectivity index (χ1n) is 13.2. The van der Waals surface area contributed by atoms with Gasteiger partial charge in [0.25, 0.3) is 0 Å². The van der Waals surface area contributed by atoms with Crippen molar-refractivity contribution in [1.29, 1.82) is 0 Å². The molecule has 0 heterocycles. The predicted octanol–water partition coefficient (Wildman–Crippen LogP) is 9.23. The standard InChI is InChI=1S/C32H43BrO2/c1-9-21(4)14-25-12-13-27(33)17-28(25)32(8)24(7)15-26-16-30(34-19-22(5)10-2)31(18-29(26)32)35-20-23(6)11-3/h9,12-13,16-18,22-23H,7,10-11,14-15,19-20H2,1-6,8H3/b21-9-. The van der Waals surface area contributed by atoms with Crippen LogP contribution in [0.3, 0.4) is 0 Å². The Bertz CT molecular complexity index is 1080.